The van der Waals surface area contributed by atoms with Crippen LogP contribution in [0.15, 0.2) is 54.6 Å². The van der Waals surface area contributed by atoms with Gasteiger partial charge < -0.3 is 10.1 Å². The summed E-state index contributed by atoms with van der Waals surface area (Å²) in [5, 5.41) is 11.7. The van der Waals surface area contributed by atoms with E-state index in [9.17, 15) is 4.79 Å². The second-order valence-electron chi connectivity index (χ2n) is 4.54. The molecule has 0 spiro atoms. The lowest BCUT2D eigenvalue weighted by atomic mass is 10.1. The Morgan fingerprint density at radius 2 is 2.00 bits per heavy atom. The topological polar surface area (TPSA) is 62.1 Å². The number of rotatable bonds is 5. The molecule has 0 aromatic heterocycles. The smallest absolute Gasteiger partial charge is 0.251 e. The van der Waals surface area contributed by atoms with Crippen LogP contribution in [-0.4, -0.2) is 19.6 Å². The first-order chi connectivity index (χ1) is 10.2. The highest BCUT2D eigenvalue weighted by Crippen LogP contribution is 2.15. The molecule has 0 saturated carbocycles. The number of hydrogen-bond donors (Lipinski definition) is 1. The molecule has 106 valence electrons. The van der Waals surface area contributed by atoms with E-state index in [0.29, 0.717) is 17.7 Å². The average Bonchev–Trinajstić information content (AvgIpc) is 2.56. The van der Waals surface area contributed by atoms with Gasteiger partial charge >= 0.3 is 0 Å². The Bertz CT molecular complexity index is 647. The number of nitriles is 1. The quantitative estimate of drug-likeness (QED) is 0.916. The third-order valence-electron chi connectivity index (χ3n) is 3.16. The van der Waals surface area contributed by atoms with Crippen molar-refractivity contribution in [1.82, 2.24) is 5.32 Å². The van der Waals surface area contributed by atoms with Gasteiger partial charge in [-0.05, 0) is 23.8 Å². The van der Waals surface area contributed by atoms with Crippen LogP contribution < -0.4 is 5.32 Å². The average molecular weight is 280 g/mol. The highest BCUT2D eigenvalue weighted by atomic mass is 16.5. The molecule has 1 atom stereocenters. The highest BCUT2D eigenvalue weighted by molar-refractivity contribution is 5.94. The zero-order valence-corrected chi connectivity index (χ0v) is 11.7. The summed E-state index contributed by atoms with van der Waals surface area (Å²) in [7, 11) is 1.61. The molecule has 1 amide bonds. The molecule has 0 heterocycles. The summed E-state index contributed by atoms with van der Waals surface area (Å²) < 4.78 is 5.40. The van der Waals surface area contributed by atoms with E-state index < -0.39 is 0 Å². The summed E-state index contributed by atoms with van der Waals surface area (Å²) in [5.41, 5.74) is 1.94. The van der Waals surface area contributed by atoms with Crippen LogP contribution in [0.4, 0.5) is 0 Å². The Kier molecular flexibility index (Phi) is 5.08. The van der Waals surface area contributed by atoms with Gasteiger partial charge in [0.2, 0.25) is 0 Å². The summed E-state index contributed by atoms with van der Waals surface area (Å²) >= 11 is 0. The van der Waals surface area contributed by atoms with Gasteiger partial charge in [0.1, 0.15) is 0 Å². The number of ether oxygens (including phenoxy) is 1. The molecule has 0 fully saturated rings. The van der Waals surface area contributed by atoms with E-state index >= 15 is 0 Å². The predicted octanol–water partition coefficient (Wildman–Crippen LogP) is 2.68. The molecule has 21 heavy (non-hydrogen) atoms. The minimum absolute atomic E-state index is 0.200. The first-order valence-electron chi connectivity index (χ1n) is 6.60. The Morgan fingerprint density at radius 1 is 1.24 bits per heavy atom. The largest absolute Gasteiger partial charge is 0.375 e. The molecule has 0 bridgehead atoms. The molecule has 0 aliphatic heterocycles. The van der Waals surface area contributed by atoms with Crippen molar-refractivity contribution in [2.45, 2.75) is 6.10 Å². The van der Waals surface area contributed by atoms with Gasteiger partial charge in [0.15, 0.2) is 0 Å². The van der Waals surface area contributed by atoms with Crippen molar-refractivity contribution in [2.24, 2.45) is 0 Å². The number of carbonyl (C=O) groups excluding carboxylic acids is 1. The van der Waals surface area contributed by atoms with Crippen LogP contribution in [0.25, 0.3) is 0 Å². The number of methoxy groups -OCH3 is 1. The molecule has 0 radical (unpaired) electrons. The van der Waals surface area contributed by atoms with Crippen molar-refractivity contribution < 1.29 is 9.53 Å². The van der Waals surface area contributed by atoms with Crippen molar-refractivity contribution in [3.63, 3.8) is 0 Å². The zero-order chi connectivity index (χ0) is 15.1. The SMILES string of the molecule is COC(CNC(=O)c1cccc(C#N)c1)c1ccccc1. The summed E-state index contributed by atoms with van der Waals surface area (Å²) in [6.45, 7) is 0.371. The van der Waals surface area contributed by atoms with Crippen LogP contribution in [0.5, 0.6) is 0 Å². The van der Waals surface area contributed by atoms with Crippen LogP contribution in [0.1, 0.15) is 27.6 Å². The van der Waals surface area contributed by atoms with E-state index in [1.165, 1.54) is 0 Å². The minimum Gasteiger partial charge on any atom is -0.375 e. The van der Waals surface area contributed by atoms with E-state index in [0.717, 1.165) is 5.56 Å². The molecular formula is C17H16N2O2. The Morgan fingerprint density at radius 3 is 2.67 bits per heavy atom. The summed E-state index contributed by atoms with van der Waals surface area (Å²) in [5.74, 6) is -0.218. The van der Waals surface area contributed by atoms with E-state index in [-0.39, 0.29) is 12.0 Å². The molecule has 0 aliphatic carbocycles. The van der Waals surface area contributed by atoms with Gasteiger partial charge in [-0.2, -0.15) is 5.26 Å². The number of nitrogens with one attached hydrogen (secondary N) is 1. The van der Waals surface area contributed by atoms with Crippen molar-refractivity contribution in [1.29, 1.82) is 5.26 Å². The van der Waals surface area contributed by atoms with Crippen LogP contribution in [0.2, 0.25) is 0 Å². The van der Waals surface area contributed by atoms with Crippen LogP contribution in [0.3, 0.4) is 0 Å². The summed E-state index contributed by atoms with van der Waals surface area (Å²) in [4.78, 5) is 12.1. The van der Waals surface area contributed by atoms with E-state index in [4.69, 9.17) is 10.00 Å². The molecule has 1 N–H and O–H groups in total. The standard InChI is InChI=1S/C17H16N2O2/c1-21-16(14-7-3-2-4-8-14)12-19-17(20)15-9-5-6-13(10-15)11-18/h2-10,16H,12H2,1H3,(H,19,20). The Hall–Kier alpha value is -2.64. The van der Waals surface area contributed by atoms with E-state index in [1.807, 2.05) is 36.4 Å². The monoisotopic (exact) mass is 280 g/mol. The molecule has 1 unspecified atom stereocenters. The first kappa shape index (κ1) is 14.8. The van der Waals surface area contributed by atoms with Crippen molar-refractivity contribution in [3.05, 3.63) is 71.3 Å². The highest BCUT2D eigenvalue weighted by Gasteiger charge is 2.12. The van der Waals surface area contributed by atoms with E-state index in [2.05, 4.69) is 5.32 Å². The maximum Gasteiger partial charge on any atom is 0.251 e. The number of nitrogens with zero attached hydrogens (tertiary/aromatic N) is 1. The van der Waals surface area contributed by atoms with Crippen molar-refractivity contribution >= 4 is 5.91 Å². The molecule has 0 saturated heterocycles. The van der Waals surface area contributed by atoms with E-state index in [1.54, 1.807) is 31.4 Å². The number of hydrogen-bond acceptors (Lipinski definition) is 3. The van der Waals surface area contributed by atoms with Gasteiger partial charge in [-0.25, -0.2) is 0 Å². The fraction of sp³-hybridized carbons (Fsp3) is 0.176. The van der Waals surface area contributed by atoms with Gasteiger partial charge in [-0.15, -0.1) is 0 Å². The number of benzene rings is 2. The van der Waals surface area contributed by atoms with Crippen LogP contribution in [-0.2, 0) is 4.74 Å². The molecule has 0 aliphatic rings. The molecule has 2 rings (SSSR count). The van der Waals surface area contributed by atoms with Crippen LogP contribution >= 0.6 is 0 Å². The zero-order valence-electron chi connectivity index (χ0n) is 11.7. The van der Waals surface area contributed by atoms with Crippen molar-refractivity contribution in [3.8, 4) is 6.07 Å². The summed E-state index contributed by atoms with van der Waals surface area (Å²) in [6.07, 6.45) is -0.200. The maximum absolute atomic E-state index is 12.1. The van der Waals surface area contributed by atoms with Gasteiger partial charge in [0.05, 0.1) is 17.7 Å². The lowest BCUT2D eigenvalue weighted by Crippen LogP contribution is -2.29. The van der Waals surface area contributed by atoms with Gasteiger partial charge in [-0.3, -0.25) is 4.79 Å². The molecular weight excluding hydrogens is 264 g/mol. The normalized spacial score (nSPS) is 11.4. The fourth-order valence-electron chi connectivity index (χ4n) is 2.02. The second-order valence-corrected chi connectivity index (χ2v) is 4.54. The third-order valence-corrected chi connectivity index (χ3v) is 3.16. The van der Waals surface area contributed by atoms with Crippen LogP contribution in [0, 0.1) is 11.3 Å². The Balaban J connectivity index is 2.01. The number of carbonyl (C=O) groups is 1. The second kappa shape index (κ2) is 7.22. The van der Waals surface area contributed by atoms with Crippen molar-refractivity contribution in [2.75, 3.05) is 13.7 Å². The molecule has 2 aromatic rings. The molecule has 4 nitrogen and oxygen atoms in total. The lowest BCUT2D eigenvalue weighted by Gasteiger charge is -2.16. The van der Waals surface area contributed by atoms with Gasteiger partial charge in [0.25, 0.3) is 5.91 Å². The van der Waals surface area contributed by atoms with Gasteiger partial charge in [0, 0.05) is 19.2 Å². The summed E-state index contributed by atoms with van der Waals surface area (Å²) in [6, 6.07) is 18.3. The lowest BCUT2D eigenvalue weighted by molar-refractivity contribution is 0.0828. The molecule has 2 aromatic carbocycles. The first-order valence-corrected chi connectivity index (χ1v) is 6.60. The minimum atomic E-state index is -0.218. The predicted molar refractivity (Wildman–Crippen MR) is 79.7 cm³/mol. The van der Waals surface area contributed by atoms with Gasteiger partial charge in [-0.1, -0.05) is 36.4 Å². The Labute approximate surface area is 124 Å². The molecule has 4 heteroatoms. The fourth-order valence-corrected chi connectivity index (χ4v) is 2.02. The maximum atomic E-state index is 12.1. The number of amides is 1. The third kappa shape index (κ3) is 3.91.